The first-order valence-electron chi connectivity index (χ1n) is 3.60. The third-order valence-corrected chi connectivity index (χ3v) is 1.95. The average Bonchev–Trinajstić information content (AvgIpc) is 2.40. The zero-order chi connectivity index (χ0) is 7.40. The van der Waals surface area contributed by atoms with E-state index in [9.17, 15) is 4.79 Å². The molecule has 0 aliphatic heterocycles. The normalized spacial score (nSPS) is 19.3. The molecule has 0 amide bonds. The molecule has 1 rings (SSSR count). The Morgan fingerprint density at radius 2 is 2.10 bits per heavy atom. The van der Waals surface area contributed by atoms with Crippen LogP contribution in [-0.2, 0) is 9.53 Å². The molecule has 57 valence electrons. The first-order valence-corrected chi connectivity index (χ1v) is 4.18. The largest absolute Gasteiger partial charge is 0.462 e. The fourth-order valence-electron chi connectivity index (χ4n) is 1.23. The van der Waals surface area contributed by atoms with Crippen molar-refractivity contribution in [1.82, 2.24) is 0 Å². The minimum absolute atomic E-state index is 0.0937. The monoisotopic (exact) mass is 159 g/mol. The predicted molar refractivity (Wildman–Crippen MR) is 40.8 cm³/mol. The molecular formula is C7H11O2S. The van der Waals surface area contributed by atoms with Crippen molar-refractivity contribution >= 4 is 18.6 Å². The Hall–Kier alpha value is -0.180. The number of hydrogen-bond donors (Lipinski definition) is 0. The number of carbonyl (C=O) groups excluding carboxylic acids is 1. The maximum absolute atomic E-state index is 10.6. The summed E-state index contributed by atoms with van der Waals surface area (Å²) in [6.45, 7) is 0. The van der Waals surface area contributed by atoms with Gasteiger partial charge in [-0.3, -0.25) is 4.79 Å². The van der Waals surface area contributed by atoms with Crippen molar-refractivity contribution in [1.29, 1.82) is 0 Å². The molecular weight excluding hydrogens is 148 g/mol. The minimum Gasteiger partial charge on any atom is -0.462 e. The summed E-state index contributed by atoms with van der Waals surface area (Å²) in [4.78, 5) is 10.6. The van der Waals surface area contributed by atoms with Crippen LogP contribution < -0.4 is 0 Å². The Morgan fingerprint density at radius 1 is 1.50 bits per heavy atom. The topological polar surface area (TPSA) is 26.3 Å². The third-order valence-electron chi connectivity index (χ3n) is 1.72. The Bertz CT molecular complexity index is 119. The molecule has 0 unspecified atom stereocenters. The van der Waals surface area contributed by atoms with Gasteiger partial charge in [-0.2, -0.15) is 0 Å². The van der Waals surface area contributed by atoms with Crippen LogP contribution >= 0.6 is 12.6 Å². The lowest BCUT2D eigenvalue weighted by Gasteiger charge is -2.08. The lowest BCUT2D eigenvalue weighted by molar-refractivity contribution is -0.145. The van der Waals surface area contributed by atoms with Gasteiger partial charge in [-0.05, 0) is 25.7 Å². The second-order valence-corrected chi connectivity index (χ2v) is 2.83. The van der Waals surface area contributed by atoms with E-state index >= 15 is 0 Å². The third kappa shape index (κ3) is 2.21. The number of hydrogen-bond acceptors (Lipinski definition) is 2. The van der Waals surface area contributed by atoms with Crippen LogP contribution in [-0.4, -0.2) is 17.8 Å². The van der Waals surface area contributed by atoms with E-state index < -0.39 is 0 Å². The predicted octanol–water partition coefficient (Wildman–Crippen LogP) is 1.67. The highest BCUT2D eigenvalue weighted by Crippen LogP contribution is 2.20. The van der Waals surface area contributed by atoms with Crippen molar-refractivity contribution in [3.8, 4) is 0 Å². The fraction of sp³-hybridized carbons (Fsp3) is 0.857. The van der Waals surface area contributed by atoms with Crippen molar-refractivity contribution in [2.24, 2.45) is 0 Å². The van der Waals surface area contributed by atoms with Gasteiger partial charge in [0.1, 0.15) is 11.9 Å². The smallest absolute Gasteiger partial charge is 0.317 e. The van der Waals surface area contributed by atoms with Crippen LogP contribution in [0.2, 0.25) is 0 Å². The van der Waals surface area contributed by atoms with Gasteiger partial charge in [0.15, 0.2) is 0 Å². The lowest BCUT2D eigenvalue weighted by Crippen LogP contribution is -2.15. The molecule has 0 aromatic heterocycles. The molecule has 10 heavy (non-hydrogen) atoms. The van der Waals surface area contributed by atoms with E-state index in [0.29, 0.717) is 0 Å². The van der Waals surface area contributed by atoms with Crippen LogP contribution in [0.4, 0.5) is 0 Å². The Labute approximate surface area is 66.4 Å². The Kier molecular flexibility index (Phi) is 3.06. The lowest BCUT2D eigenvalue weighted by atomic mass is 10.3. The van der Waals surface area contributed by atoms with Gasteiger partial charge >= 0.3 is 5.97 Å². The van der Waals surface area contributed by atoms with Gasteiger partial charge in [0.05, 0.1) is 0 Å². The molecule has 0 saturated heterocycles. The summed E-state index contributed by atoms with van der Waals surface area (Å²) in [7, 11) is 0. The molecule has 0 heterocycles. The minimum atomic E-state index is -0.234. The molecule has 0 atom stereocenters. The molecule has 2 nitrogen and oxygen atoms in total. The number of ether oxygens (including phenoxy) is 1. The molecule has 1 radical (unpaired) electrons. The van der Waals surface area contributed by atoms with Crippen LogP contribution in [0, 0.1) is 0 Å². The Balaban J connectivity index is 2.17. The van der Waals surface area contributed by atoms with Crippen molar-refractivity contribution in [2.45, 2.75) is 31.8 Å². The van der Waals surface area contributed by atoms with Gasteiger partial charge in [-0.25, -0.2) is 0 Å². The Morgan fingerprint density at radius 3 is 2.60 bits per heavy atom. The van der Waals surface area contributed by atoms with Gasteiger partial charge in [0.2, 0.25) is 0 Å². The van der Waals surface area contributed by atoms with E-state index in [1.54, 1.807) is 0 Å². The van der Waals surface area contributed by atoms with Crippen LogP contribution in [0.3, 0.4) is 0 Å². The molecule has 0 bridgehead atoms. The first kappa shape index (κ1) is 7.92. The van der Waals surface area contributed by atoms with Crippen LogP contribution in [0.25, 0.3) is 0 Å². The highest BCUT2D eigenvalue weighted by atomic mass is 32.1. The van der Waals surface area contributed by atoms with Crippen molar-refractivity contribution in [3.63, 3.8) is 0 Å². The van der Waals surface area contributed by atoms with E-state index in [-0.39, 0.29) is 17.8 Å². The highest BCUT2D eigenvalue weighted by molar-refractivity contribution is 7.81. The van der Waals surface area contributed by atoms with Crippen LogP contribution in [0.1, 0.15) is 25.7 Å². The summed E-state index contributed by atoms with van der Waals surface area (Å²) in [6.07, 6.45) is 4.61. The number of rotatable bonds is 2. The fourth-order valence-corrected chi connectivity index (χ4v) is 1.29. The maximum Gasteiger partial charge on any atom is 0.317 e. The average molecular weight is 159 g/mol. The molecule has 1 aliphatic rings. The van der Waals surface area contributed by atoms with E-state index in [0.717, 1.165) is 12.8 Å². The summed E-state index contributed by atoms with van der Waals surface area (Å²) < 4.78 is 5.02. The van der Waals surface area contributed by atoms with Gasteiger partial charge in [0, 0.05) is 0 Å². The van der Waals surface area contributed by atoms with E-state index in [1.165, 1.54) is 12.8 Å². The van der Waals surface area contributed by atoms with Crippen molar-refractivity contribution < 1.29 is 9.53 Å². The van der Waals surface area contributed by atoms with E-state index in [1.807, 2.05) is 0 Å². The van der Waals surface area contributed by atoms with Crippen molar-refractivity contribution in [2.75, 3.05) is 5.75 Å². The summed E-state index contributed by atoms with van der Waals surface area (Å²) in [5.74, 6) is -0.141. The summed E-state index contributed by atoms with van der Waals surface area (Å²) in [5, 5.41) is 0. The van der Waals surface area contributed by atoms with Gasteiger partial charge in [-0.15, -0.1) is 0 Å². The maximum atomic E-state index is 10.6. The molecule has 1 aliphatic carbocycles. The van der Waals surface area contributed by atoms with Gasteiger partial charge in [-0.1, -0.05) is 12.6 Å². The highest BCUT2D eigenvalue weighted by Gasteiger charge is 2.17. The van der Waals surface area contributed by atoms with Crippen LogP contribution in [0.15, 0.2) is 0 Å². The molecule has 0 N–H and O–H groups in total. The zero-order valence-electron chi connectivity index (χ0n) is 5.84. The molecule has 0 spiro atoms. The van der Waals surface area contributed by atoms with E-state index in [4.69, 9.17) is 4.74 Å². The van der Waals surface area contributed by atoms with Gasteiger partial charge < -0.3 is 4.74 Å². The van der Waals surface area contributed by atoms with E-state index in [2.05, 4.69) is 12.6 Å². The molecule has 3 heteroatoms. The second-order valence-electron chi connectivity index (χ2n) is 2.54. The number of esters is 1. The summed E-state index contributed by atoms with van der Waals surface area (Å²) >= 11 is 4.53. The zero-order valence-corrected chi connectivity index (χ0v) is 6.65. The summed E-state index contributed by atoms with van der Waals surface area (Å²) in [5.41, 5.74) is 0. The number of carbonyl (C=O) groups is 1. The van der Waals surface area contributed by atoms with Gasteiger partial charge in [0.25, 0.3) is 0 Å². The molecule has 1 saturated carbocycles. The molecule has 0 aromatic rings. The second kappa shape index (κ2) is 3.86. The standard InChI is InChI=1S/C7H11O2S/c8-7(5-10)9-6-3-1-2-4-6/h6H,1-5H2. The molecule has 0 aromatic carbocycles. The first-order chi connectivity index (χ1) is 4.83. The van der Waals surface area contributed by atoms with Crippen LogP contribution in [0.5, 0.6) is 0 Å². The van der Waals surface area contributed by atoms with Crippen molar-refractivity contribution in [3.05, 3.63) is 0 Å². The quantitative estimate of drug-likeness (QED) is 0.573. The summed E-state index contributed by atoms with van der Waals surface area (Å²) in [6, 6.07) is 0. The molecule has 1 fully saturated rings. The SMILES string of the molecule is O=C(C[S])OC1CCCC1.